The number of aryl methyl sites for hydroxylation is 2. The molecule has 0 bridgehead atoms. The van der Waals surface area contributed by atoms with Gasteiger partial charge in [-0.15, -0.1) is 0 Å². The van der Waals surface area contributed by atoms with Crippen LogP contribution in [0.4, 0.5) is 10.1 Å². The molecule has 0 atom stereocenters. The first kappa shape index (κ1) is 14.5. The van der Waals surface area contributed by atoms with E-state index in [4.69, 9.17) is 0 Å². The molecule has 0 spiro atoms. The maximum Gasteiger partial charge on any atom is 0.264 e. The summed E-state index contributed by atoms with van der Waals surface area (Å²) in [5.41, 5.74) is 1.63. The Hall–Kier alpha value is -2.48. The molecule has 2 aromatic heterocycles. The van der Waals surface area contributed by atoms with E-state index in [1.165, 1.54) is 24.4 Å². The molecule has 1 N–H and O–H groups in total. The van der Waals surface area contributed by atoms with Crippen LogP contribution in [0.25, 0.3) is 11.0 Å². The van der Waals surface area contributed by atoms with E-state index in [1.807, 2.05) is 0 Å². The number of rotatable bonds is 3. The normalized spacial score (nSPS) is 11.8. The number of hydrogen-bond acceptors (Lipinski definition) is 4. The van der Waals surface area contributed by atoms with Gasteiger partial charge in [0.15, 0.2) is 5.65 Å². The van der Waals surface area contributed by atoms with Crippen molar-refractivity contribution in [3.05, 3.63) is 48.0 Å². The molecule has 6 nitrogen and oxygen atoms in total. The van der Waals surface area contributed by atoms with Gasteiger partial charge in [0.25, 0.3) is 10.0 Å². The van der Waals surface area contributed by atoms with Crippen molar-refractivity contribution in [3.8, 4) is 0 Å². The molecule has 0 unspecified atom stereocenters. The lowest BCUT2D eigenvalue weighted by Crippen LogP contribution is -2.14. The quantitative estimate of drug-likeness (QED) is 0.803. The average molecular weight is 320 g/mol. The highest BCUT2D eigenvalue weighted by molar-refractivity contribution is 7.92. The summed E-state index contributed by atoms with van der Waals surface area (Å²) < 4.78 is 42.1. The summed E-state index contributed by atoms with van der Waals surface area (Å²) in [6.45, 7) is 1.80. The van der Waals surface area contributed by atoms with Gasteiger partial charge in [0, 0.05) is 12.4 Å². The van der Waals surface area contributed by atoms with Crippen LogP contribution in [-0.4, -0.2) is 23.2 Å². The van der Waals surface area contributed by atoms with Crippen LogP contribution in [0.5, 0.6) is 0 Å². The minimum atomic E-state index is -4.01. The number of pyridine rings is 1. The third-order valence-electron chi connectivity index (χ3n) is 3.24. The highest BCUT2D eigenvalue weighted by atomic mass is 32.2. The van der Waals surface area contributed by atoms with Crippen molar-refractivity contribution < 1.29 is 12.8 Å². The van der Waals surface area contributed by atoms with Gasteiger partial charge >= 0.3 is 0 Å². The monoisotopic (exact) mass is 320 g/mol. The second-order valence-corrected chi connectivity index (χ2v) is 6.49. The van der Waals surface area contributed by atoms with Crippen molar-refractivity contribution in [2.24, 2.45) is 7.05 Å². The van der Waals surface area contributed by atoms with Crippen LogP contribution >= 0.6 is 0 Å². The summed E-state index contributed by atoms with van der Waals surface area (Å²) in [6.07, 6.45) is 1.38. The van der Waals surface area contributed by atoms with Gasteiger partial charge in [-0.1, -0.05) is 12.1 Å². The summed E-state index contributed by atoms with van der Waals surface area (Å²) in [5, 5.41) is 4.95. The predicted octanol–water partition coefficient (Wildman–Crippen LogP) is 2.22. The zero-order valence-corrected chi connectivity index (χ0v) is 12.7. The third-order valence-corrected chi connectivity index (χ3v) is 4.66. The number of aromatic nitrogens is 3. The van der Waals surface area contributed by atoms with Crippen LogP contribution in [-0.2, 0) is 17.1 Å². The van der Waals surface area contributed by atoms with Crippen LogP contribution in [0.15, 0.2) is 41.4 Å². The van der Waals surface area contributed by atoms with Crippen molar-refractivity contribution in [3.63, 3.8) is 0 Å². The fraction of sp³-hybridized carbons (Fsp3) is 0.143. The smallest absolute Gasteiger partial charge is 0.264 e. The summed E-state index contributed by atoms with van der Waals surface area (Å²) in [6, 6.07) is 6.83. The third kappa shape index (κ3) is 2.41. The number of fused-ring (bicyclic) bond motifs is 1. The van der Waals surface area contributed by atoms with Crippen molar-refractivity contribution in [2.45, 2.75) is 11.8 Å². The molecule has 0 aliphatic rings. The summed E-state index contributed by atoms with van der Waals surface area (Å²) in [4.78, 5) is 3.78. The summed E-state index contributed by atoms with van der Waals surface area (Å²) in [5.74, 6) is -0.804. The number of nitrogens with one attached hydrogen (secondary N) is 1. The van der Waals surface area contributed by atoms with E-state index < -0.39 is 20.7 Å². The molecule has 3 rings (SSSR count). The SMILES string of the molecule is Cc1nn(C)c2ncc(NS(=O)(=O)c3ccccc3F)cc12. The topological polar surface area (TPSA) is 76.9 Å². The predicted molar refractivity (Wildman–Crippen MR) is 80.5 cm³/mol. The Balaban J connectivity index is 2.03. The lowest BCUT2D eigenvalue weighted by molar-refractivity contribution is 0.570. The first-order chi connectivity index (χ1) is 10.4. The standard InChI is InChI=1S/C14H13FN4O2S/c1-9-11-7-10(8-16-14(11)19(2)17-9)18-22(20,21)13-6-4-3-5-12(13)15/h3-8,18H,1-2H3. The van der Waals surface area contributed by atoms with Gasteiger partial charge in [0.2, 0.25) is 0 Å². The number of nitrogens with zero attached hydrogens (tertiary/aromatic N) is 3. The number of halogens is 1. The molecule has 3 aromatic rings. The zero-order chi connectivity index (χ0) is 15.9. The first-order valence-electron chi connectivity index (χ1n) is 6.45. The van der Waals surface area contributed by atoms with Crippen LogP contribution in [0, 0.1) is 12.7 Å². The molecule has 22 heavy (non-hydrogen) atoms. The molecule has 0 fully saturated rings. The Morgan fingerprint density at radius 2 is 2.00 bits per heavy atom. The minimum absolute atomic E-state index is 0.256. The molecule has 1 aromatic carbocycles. The second kappa shape index (κ2) is 5.06. The van der Waals surface area contributed by atoms with Crippen LogP contribution in [0.2, 0.25) is 0 Å². The van der Waals surface area contributed by atoms with Crippen molar-refractivity contribution in [1.82, 2.24) is 14.8 Å². The zero-order valence-electron chi connectivity index (χ0n) is 11.9. The van der Waals surface area contributed by atoms with Gasteiger partial charge in [0.05, 0.1) is 17.6 Å². The van der Waals surface area contributed by atoms with E-state index >= 15 is 0 Å². The number of anilines is 1. The van der Waals surface area contributed by atoms with Gasteiger partial charge in [0.1, 0.15) is 10.7 Å². The first-order valence-corrected chi connectivity index (χ1v) is 7.93. The lowest BCUT2D eigenvalue weighted by Gasteiger charge is -2.08. The van der Waals surface area contributed by atoms with E-state index in [2.05, 4.69) is 14.8 Å². The summed E-state index contributed by atoms with van der Waals surface area (Å²) >= 11 is 0. The fourth-order valence-corrected chi connectivity index (χ4v) is 3.35. The van der Waals surface area contributed by atoms with E-state index in [1.54, 1.807) is 24.7 Å². The Kier molecular flexibility index (Phi) is 3.32. The maximum atomic E-state index is 13.7. The summed E-state index contributed by atoms with van der Waals surface area (Å²) in [7, 11) is -2.26. The molecular formula is C14H13FN4O2S. The van der Waals surface area contributed by atoms with E-state index in [9.17, 15) is 12.8 Å². The van der Waals surface area contributed by atoms with Gasteiger partial charge < -0.3 is 0 Å². The van der Waals surface area contributed by atoms with Gasteiger partial charge in [-0.05, 0) is 25.1 Å². The van der Waals surface area contributed by atoms with Crippen LogP contribution < -0.4 is 4.72 Å². The molecule has 0 saturated carbocycles. The van der Waals surface area contributed by atoms with E-state index in [0.717, 1.165) is 17.1 Å². The molecule has 8 heteroatoms. The molecular weight excluding hydrogens is 307 g/mol. The van der Waals surface area contributed by atoms with Crippen LogP contribution in [0.1, 0.15) is 5.69 Å². The molecule has 0 aliphatic heterocycles. The van der Waals surface area contributed by atoms with Crippen molar-refractivity contribution in [2.75, 3.05) is 4.72 Å². The average Bonchev–Trinajstić information content (AvgIpc) is 2.73. The highest BCUT2D eigenvalue weighted by Crippen LogP contribution is 2.22. The number of sulfonamides is 1. The Bertz CT molecular complexity index is 966. The number of hydrogen-bond donors (Lipinski definition) is 1. The van der Waals surface area contributed by atoms with Crippen molar-refractivity contribution in [1.29, 1.82) is 0 Å². The molecule has 114 valence electrons. The lowest BCUT2D eigenvalue weighted by atomic mass is 10.3. The largest absolute Gasteiger partial charge is 0.278 e. The van der Waals surface area contributed by atoms with E-state index in [-0.39, 0.29) is 5.69 Å². The molecule has 0 aliphatic carbocycles. The van der Waals surface area contributed by atoms with Gasteiger partial charge in [-0.25, -0.2) is 17.8 Å². The van der Waals surface area contributed by atoms with E-state index in [0.29, 0.717) is 5.65 Å². The van der Waals surface area contributed by atoms with Gasteiger partial charge in [-0.3, -0.25) is 9.40 Å². The highest BCUT2D eigenvalue weighted by Gasteiger charge is 2.19. The molecule has 0 amide bonds. The Morgan fingerprint density at radius 3 is 2.73 bits per heavy atom. The molecule has 0 radical (unpaired) electrons. The second-order valence-electron chi connectivity index (χ2n) is 4.84. The fourth-order valence-electron chi connectivity index (χ4n) is 2.24. The Morgan fingerprint density at radius 1 is 1.27 bits per heavy atom. The maximum absolute atomic E-state index is 13.7. The van der Waals surface area contributed by atoms with Crippen molar-refractivity contribution >= 4 is 26.7 Å². The minimum Gasteiger partial charge on any atom is -0.278 e. The number of benzene rings is 1. The Labute approximate surface area is 126 Å². The van der Waals surface area contributed by atoms with Gasteiger partial charge in [-0.2, -0.15) is 5.10 Å². The molecule has 2 heterocycles. The van der Waals surface area contributed by atoms with Crippen LogP contribution in [0.3, 0.4) is 0 Å². The molecule has 0 saturated heterocycles.